The Kier molecular flexibility index (Phi) is 5.99. The number of thiophene rings is 1. The van der Waals surface area contributed by atoms with E-state index in [9.17, 15) is 9.59 Å². The summed E-state index contributed by atoms with van der Waals surface area (Å²) in [4.78, 5) is 31.8. The molecule has 0 aliphatic carbocycles. The molecule has 1 aliphatic heterocycles. The van der Waals surface area contributed by atoms with Crippen LogP contribution >= 0.6 is 23.1 Å². The molecule has 0 radical (unpaired) electrons. The number of aromatic nitrogens is 2. The van der Waals surface area contributed by atoms with E-state index in [0.29, 0.717) is 27.7 Å². The van der Waals surface area contributed by atoms with Crippen LogP contribution in [0.2, 0.25) is 0 Å². The Morgan fingerprint density at radius 3 is 2.80 bits per heavy atom. The summed E-state index contributed by atoms with van der Waals surface area (Å²) < 4.78 is 12.8. The lowest BCUT2D eigenvalue weighted by Crippen LogP contribution is -2.33. The highest BCUT2D eigenvalue weighted by molar-refractivity contribution is 7.98. The molecule has 0 fully saturated rings. The zero-order valence-electron chi connectivity index (χ0n) is 17.3. The number of carbonyl (C=O) groups is 1. The average molecular weight is 445 g/mol. The van der Waals surface area contributed by atoms with Crippen LogP contribution in [-0.4, -0.2) is 27.9 Å². The Bertz CT molecular complexity index is 1140. The molecule has 2 aromatic heterocycles. The molecule has 1 aromatic carbocycles. The third-order valence-corrected chi connectivity index (χ3v) is 7.59. The van der Waals surface area contributed by atoms with Gasteiger partial charge in [0.15, 0.2) is 5.16 Å². The number of benzene rings is 1. The van der Waals surface area contributed by atoms with Crippen molar-refractivity contribution in [3.8, 4) is 0 Å². The highest BCUT2D eigenvalue weighted by Crippen LogP contribution is 2.39. The molecule has 0 saturated heterocycles. The van der Waals surface area contributed by atoms with Gasteiger partial charge in [-0.25, -0.2) is 9.78 Å². The lowest BCUT2D eigenvalue weighted by Gasteiger charge is -2.32. The van der Waals surface area contributed by atoms with E-state index in [1.807, 2.05) is 30.3 Å². The monoisotopic (exact) mass is 444 g/mol. The molecule has 4 rings (SSSR count). The SMILES string of the molecule is CCOC(=O)n1c(SCc2ccccc2)nc2c3c(sc2c1=O)CC(C)(CC)OC3. The summed E-state index contributed by atoms with van der Waals surface area (Å²) in [5.74, 6) is 0.592. The number of fused-ring (bicyclic) bond motifs is 3. The van der Waals surface area contributed by atoms with Crippen molar-refractivity contribution < 1.29 is 14.3 Å². The molecule has 0 N–H and O–H groups in total. The van der Waals surface area contributed by atoms with Crippen LogP contribution in [0.4, 0.5) is 4.79 Å². The van der Waals surface area contributed by atoms with Crippen molar-refractivity contribution in [2.45, 2.75) is 56.7 Å². The topological polar surface area (TPSA) is 70.4 Å². The van der Waals surface area contributed by atoms with Gasteiger partial charge in [-0.3, -0.25) is 4.79 Å². The van der Waals surface area contributed by atoms with Crippen molar-refractivity contribution in [1.82, 2.24) is 9.55 Å². The first-order valence-corrected chi connectivity index (χ1v) is 11.8. The molecular weight excluding hydrogens is 420 g/mol. The van der Waals surface area contributed by atoms with Gasteiger partial charge in [0.05, 0.1) is 24.3 Å². The molecule has 1 atom stereocenters. The van der Waals surface area contributed by atoms with E-state index in [-0.39, 0.29) is 17.8 Å². The molecule has 3 heterocycles. The van der Waals surface area contributed by atoms with Crippen LogP contribution in [0.15, 0.2) is 40.3 Å². The third-order valence-electron chi connectivity index (χ3n) is 5.37. The normalized spacial score (nSPS) is 18.4. The quantitative estimate of drug-likeness (QED) is 0.408. The molecule has 0 amide bonds. The van der Waals surface area contributed by atoms with Crippen molar-refractivity contribution >= 4 is 39.4 Å². The van der Waals surface area contributed by atoms with Gasteiger partial charge in [0.25, 0.3) is 5.56 Å². The third kappa shape index (κ3) is 3.91. The van der Waals surface area contributed by atoms with E-state index in [4.69, 9.17) is 14.5 Å². The van der Waals surface area contributed by atoms with Crippen LogP contribution in [0.1, 0.15) is 43.2 Å². The van der Waals surface area contributed by atoms with Gasteiger partial charge in [0, 0.05) is 22.6 Å². The van der Waals surface area contributed by atoms with E-state index in [0.717, 1.165) is 33.4 Å². The van der Waals surface area contributed by atoms with Gasteiger partial charge in [0.2, 0.25) is 0 Å². The number of hydrogen-bond donors (Lipinski definition) is 0. The van der Waals surface area contributed by atoms with E-state index < -0.39 is 6.09 Å². The van der Waals surface area contributed by atoms with Crippen LogP contribution in [0.3, 0.4) is 0 Å². The van der Waals surface area contributed by atoms with Crippen LogP contribution in [-0.2, 0) is 28.3 Å². The lowest BCUT2D eigenvalue weighted by molar-refractivity contribution is -0.0546. The minimum Gasteiger partial charge on any atom is -0.449 e. The first-order chi connectivity index (χ1) is 14.5. The fraction of sp³-hybridized carbons (Fsp3) is 0.409. The van der Waals surface area contributed by atoms with Crippen molar-refractivity contribution in [2.75, 3.05) is 6.61 Å². The van der Waals surface area contributed by atoms with Gasteiger partial charge in [-0.1, -0.05) is 49.0 Å². The maximum absolute atomic E-state index is 13.3. The van der Waals surface area contributed by atoms with E-state index in [2.05, 4.69) is 13.8 Å². The lowest BCUT2D eigenvalue weighted by atomic mass is 9.93. The second kappa shape index (κ2) is 8.53. The molecule has 0 spiro atoms. The Balaban J connectivity index is 1.81. The van der Waals surface area contributed by atoms with Gasteiger partial charge in [0.1, 0.15) is 4.70 Å². The van der Waals surface area contributed by atoms with Gasteiger partial charge in [-0.05, 0) is 25.8 Å². The first-order valence-electron chi connectivity index (χ1n) is 10.0. The number of ether oxygens (including phenoxy) is 2. The van der Waals surface area contributed by atoms with Crippen LogP contribution in [0.25, 0.3) is 10.2 Å². The molecular formula is C22H24N2O4S2. The minimum absolute atomic E-state index is 0.190. The van der Waals surface area contributed by atoms with Crippen molar-refractivity contribution in [1.29, 1.82) is 0 Å². The van der Waals surface area contributed by atoms with E-state index in [1.165, 1.54) is 23.1 Å². The summed E-state index contributed by atoms with van der Waals surface area (Å²) >= 11 is 2.78. The van der Waals surface area contributed by atoms with Gasteiger partial charge in [-0.2, -0.15) is 4.57 Å². The van der Waals surface area contributed by atoms with Crippen LogP contribution in [0.5, 0.6) is 0 Å². The second-order valence-electron chi connectivity index (χ2n) is 7.46. The number of rotatable bonds is 5. The number of carbonyl (C=O) groups excluding carboxylic acids is 1. The maximum atomic E-state index is 13.3. The van der Waals surface area contributed by atoms with Crippen molar-refractivity contribution in [2.24, 2.45) is 0 Å². The Morgan fingerprint density at radius 2 is 2.10 bits per heavy atom. The maximum Gasteiger partial charge on any atom is 0.423 e. The zero-order valence-corrected chi connectivity index (χ0v) is 18.9. The van der Waals surface area contributed by atoms with Gasteiger partial charge >= 0.3 is 6.09 Å². The smallest absolute Gasteiger partial charge is 0.423 e. The standard InChI is InChI=1S/C22H24N2O4S2/c1-4-22(3)11-16-15(12-28-22)17-18(30-16)19(25)24(21(26)27-5-2)20(23-17)29-13-14-9-7-6-8-10-14/h6-10H,4-5,11-13H2,1-3H3. The van der Waals surface area contributed by atoms with Crippen molar-refractivity contribution in [3.63, 3.8) is 0 Å². The zero-order chi connectivity index (χ0) is 21.3. The molecule has 8 heteroatoms. The molecule has 0 saturated carbocycles. The summed E-state index contributed by atoms with van der Waals surface area (Å²) in [6, 6.07) is 9.88. The predicted octanol–water partition coefficient (Wildman–Crippen LogP) is 5.00. The first kappa shape index (κ1) is 21.1. The fourth-order valence-corrected chi connectivity index (χ4v) is 5.70. The highest BCUT2D eigenvalue weighted by Gasteiger charge is 2.33. The van der Waals surface area contributed by atoms with Crippen molar-refractivity contribution in [3.05, 3.63) is 56.7 Å². The summed E-state index contributed by atoms with van der Waals surface area (Å²) in [7, 11) is 0. The second-order valence-corrected chi connectivity index (χ2v) is 9.51. The molecule has 1 aliphatic rings. The largest absolute Gasteiger partial charge is 0.449 e. The van der Waals surface area contributed by atoms with Crippen LogP contribution in [0, 0.1) is 0 Å². The minimum atomic E-state index is -0.687. The number of thioether (sulfide) groups is 1. The number of hydrogen-bond acceptors (Lipinski definition) is 7. The molecule has 1 unspecified atom stereocenters. The van der Waals surface area contributed by atoms with Gasteiger partial charge in [-0.15, -0.1) is 11.3 Å². The fourth-order valence-electron chi connectivity index (χ4n) is 3.42. The van der Waals surface area contributed by atoms with E-state index in [1.54, 1.807) is 6.92 Å². The Morgan fingerprint density at radius 1 is 1.33 bits per heavy atom. The molecule has 0 bridgehead atoms. The van der Waals surface area contributed by atoms with Crippen LogP contribution < -0.4 is 5.56 Å². The molecule has 158 valence electrons. The predicted molar refractivity (Wildman–Crippen MR) is 119 cm³/mol. The molecule has 6 nitrogen and oxygen atoms in total. The summed E-state index contributed by atoms with van der Waals surface area (Å²) in [5.41, 5.74) is 2.09. The van der Waals surface area contributed by atoms with E-state index >= 15 is 0 Å². The Labute approximate surface area is 183 Å². The number of nitrogens with zero attached hydrogens (tertiary/aromatic N) is 2. The summed E-state index contributed by atoms with van der Waals surface area (Å²) in [5, 5.41) is 0.347. The summed E-state index contributed by atoms with van der Waals surface area (Å²) in [6.45, 7) is 6.53. The highest BCUT2D eigenvalue weighted by atomic mass is 32.2. The Hall–Kier alpha value is -2.16. The van der Waals surface area contributed by atoms with Gasteiger partial charge < -0.3 is 9.47 Å². The average Bonchev–Trinajstić information content (AvgIpc) is 3.10. The molecule has 30 heavy (non-hydrogen) atoms. The molecule has 3 aromatic rings. The summed E-state index contributed by atoms with van der Waals surface area (Å²) in [6.07, 6.45) is 0.943.